The van der Waals surface area contributed by atoms with Gasteiger partial charge in [-0.25, -0.2) is 4.98 Å². The van der Waals surface area contributed by atoms with Crippen molar-refractivity contribution in [3.8, 4) is 11.1 Å². The van der Waals surface area contributed by atoms with E-state index in [0.29, 0.717) is 5.39 Å². The topological polar surface area (TPSA) is 59.7 Å². The van der Waals surface area contributed by atoms with Gasteiger partial charge < -0.3 is 9.64 Å². The first-order valence-electron chi connectivity index (χ1n) is 9.31. The first-order valence-corrected chi connectivity index (χ1v) is 11.0. The molecule has 0 unspecified atom stereocenters. The SMILES string of the molecule is O=c1c2c(-c3ccccc3)csc2ncn1/N=C/c1ccc(N2CCOCC2)s1. The highest BCUT2D eigenvalue weighted by Crippen LogP contribution is 2.30. The van der Waals surface area contributed by atoms with Crippen LogP contribution in [0.1, 0.15) is 4.88 Å². The van der Waals surface area contributed by atoms with Crippen molar-refractivity contribution < 1.29 is 4.74 Å². The van der Waals surface area contributed by atoms with Gasteiger partial charge in [0, 0.05) is 28.9 Å². The highest BCUT2D eigenvalue weighted by Gasteiger charge is 2.14. The van der Waals surface area contributed by atoms with Gasteiger partial charge >= 0.3 is 0 Å². The van der Waals surface area contributed by atoms with Crippen molar-refractivity contribution in [1.82, 2.24) is 9.66 Å². The van der Waals surface area contributed by atoms with Gasteiger partial charge in [-0.2, -0.15) is 9.78 Å². The molecule has 0 aliphatic carbocycles. The molecule has 3 aromatic heterocycles. The summed E-state index contributed by atoms with van der Waals surface area (Å²) in [6, 6.07) is 14.0. The number of aromatic nitrogens is 2. The lowest BCUT2D eigenvalue weighted by molar-refractivity contribution is 0.123. The van der Waals surface area contributed by atoms with Gasteiger partial charge in [-0.3, -0.25) is 4.79 Å². The maximum Gasteiger partial charge on any atom is 0.283 e. The van der Waals surface area contributed by atoms with Crippen LogP contribution in [-0.4, -0.2) is 42.2 Å². The summed E-state index contributed by atoms with van der Waals surface area (Å²) in [5, 5.41) is 8.18. The van der Waals surface area contributed by atoms with Gasteiger partial charge in [0.15, 0.2) is 0 Å². The van der Waals surface area contributed by atoms with E-state index in [0.717, 1.165) is 47.1 Å². The average Bonchev–Trinajstić information content (AvgIpc) is 3.42. The molecule has 1 saturated heterocycles. The number of rotatable bonds is 4. The molecule has 1 aliphatic rings. The predicted molar refractivity (Wildman–Crippen MR) is 120 cm³/mol. The third-order valence-corrected chi connectivity index (χ3v) is 6.77. The smallest absolute Gasteiger partial charge is 0.283 e. The van der Waals surface area contributed by atoms with Crippen LogP contribution in [0, 0.1) is 0 Å². The summed E-state index contributed by atoms with van der Waals surface area (Å²) >= 11 is 3.13. The Morgan fingerprint density at radius 2 is 1.93 bits per heavy atom. The molecule has 0 atom stereocenters. The monoisotopic (exact) mass is 422 g/mol. The van der Waals surface area contributed by atoms with Gasteiger partial charge in [-0.15, -0.1) is 22.7 Å². The Kier molecular flexibility index (Phi) is 4.97. The number of fused-ring (bicyclic) bond motifs is 1. The molecule has 29 heavy (non-hydrogen) atoms. The first-order chi connectivity index (χ1) is 14.3. The fourth-order valence-electron chi connectivity index (χ4n) is 3.32. The van der Waals surface area contributed by atoms with Crippen molar-refractivity contribution in [3.63, 3.8) is 0 Å². The predicted octanol–water partition coefficient (Wildman–Crippen LogP) is 3.91. The van der Waals surface area contributed by atoms with Crippen LogP contribution in [0.25, 0.3) is 21.3 Å². The standard InChI is InChI=1S/C21H18N4O2S2/c26-21-19-17(15-4-2-1-3-5-15)13-28-20(19)22-14-25(21)23-12-16-6-7-18(29-16)24-8-10-27-11-9-24/h1-7,12-14H,8-11H2/b23-12+. The Morgan fingerprint density at radius 1 is 1.10 bits per heavy atom. The largest absolute Gasteiger partial charge is 0.378 e. The lowest BCUT2D eigenvalue weighted by atomic mass is 10.1. The van der Waals surface area contributed by atoms with Crippen molar-refractivity contribution in [2.75, 3.05) is 31.2 Å². The van der Waals surface area contributed by atoms with Crippen molar-refractivity contribution in [3.05, 3.63) is 69.4 Å². The van der Waals surface area contributed by atoms with Crippen LogP contribution in [0.15, 0.2) is 64.1 Å². The fourth-order valence-corrected chi connectivity index (χ4v) is 5.15. The summed E-state index contributed by atoms with van der Waals surface area (Å²) in [7, 11) is 0. The molecule has 146 valence electrons. The van der Waals surface area contributed by atoms with Gasteiger partial charge in [-0.05, 0) is 17.7 Å². The van der Waals surface area contributed by atoms with Crippen LogP contribution in [0.3, 0.4) is 0 Å². The maximum absolute atomic E-state index is 13.1. The summed E-state index contributed by atoms with van der Waals surface area (Å²) in [5.74, 6) is 0. The normalized spacial score (nSPS) is 14.8. The number of hydrogen-bond donors (Lipinski definition) is 0. The number of anilines is 1. The minimum Gasteiger partial charge on any atom is -0.378 e. The Labute approximate surface area is 175 Å². The summed E-state index contributed by atoms with van der Waals surface area (Å²) in [6.45, 7) is 3.31. The van der Waals surface area contributed by atoms with Gasteiger partial charge in [-0.1, -0.05) is 30.3 Å². The molecule has 5 rings (SSSR count). The molecular formula is C21H18N4O2S2. The van der Waals surface area contributed by atoms with Crippen molar-refractivity contribution in [1.29, 1.82) is 0 Å². The number of morpholine rings is 1. The molecule has 0 radical (unpaired) electrons. The van der Waals surface area contributed by atoms with Crippen molar-refractivity contribution >= 4 is 44.1 Å². The Bertz CT molecular complexity index is 1220. The van der Waals surface area contributed by atoms with Crippen LogP contribution >= 0.6 is 22.7 Å². The van der Waals surface area contributed by atoms with E-state index in [9.17, 15) is 4.79 Å². The van der Waals surface area contributed by atoms with Crippen LogP contribution in [0.5, 0.6) is 0 Å². The van der Waals surface area contributed by atoms with Crippen LogP contribution in [0.2, 0.25) is 0 Å². The first kappa shape index (κ1) is 18.2. The highest BCUT2D eigenvalue weighted by molar-refractivity contribution is 7.17. The van der Waals surface area contributed by atoms with Crippen LogP contribution < -0.4 is 10.5 Å². The van der Waals surface area contributed by atoms with Crippen molar-refractivity contribution in [2.45, 2.75) is 0 Å². The highest BCUT2D eigenvalue weighted by atomic mass is 32.1. The number of nitrogens with zero attached hydrogens (tertiary/aromatic N) is 4. The summed E-state index contributed by atoms with van der Waals surface area (Å²) in [5.41, 5.74) is 1.75. The van der Waals surface area contributed by atoms with Crippen LogP contribution in [0.4, 0.5) is 5.00 Å². The molecule has 0 N–H and O–H groups in total. The summed E-state index contributed by atoms with van der Waals surface area (Å²) in [4.78, 5) is 21.5. The van der Waals surface area contributed by atoms with E-state index in [1.807, 2.05) is 41.8 Å². The number of hydrogen-bond acceptors (Lipinski definition) is 7. The average molecular weight is 423 g/mol. The molecule has 4 aromatic rings. The Morgan fingerprint density at radius 3 is 2.76 bits per heavy atom. The van der Waals surface area contributed by atoms with E-state index < -0.39 is 0 Å². The van der Waals surface area contributed by atoms with Gasteiger partial charge in [0.2, 0.25) is 0 Å². The molecule has 0 saturated carbocycles. The summed E-state index contributed by atoms with van der Waals surface area (Å²) in [6.07, 6.45) is 3.21. The Hall–Kier alpha value is -2.81. The summed E-state index contributed by atoms with van der Waals surface area (Å²) < 4.78 is 6.72. The van der Waals surface area contributed by atoms with Crippen LogP contribution in [-0.2, 0) is 4.74 Å². The zero-order valence-electron chi connectivity index (χ0n) is 15.5. The van der Waals surface area contributed by atoms with E-state index >= 15 is 0 Å². The van der Waals surface area contributed by atoms with Gasteiger partial charge in [0.25, 0.3) is 5.56 Å². The second-order valence-electron chi connectivity index (χ2n) is 6.61. The van der Waals surface area contributed by atoms with E-state index in [2.05, 4.69) is 21.1 Å². The van der Waals surface area contributed by atoms with Gasteiger partial charge in [0.1, 0.15) is 11.2 Å². The molecule has 1 aromatic carbocycles. The molecular weight excluding hydrogens is 404 g/mol. The molecule has 0 amide bonds. The molecule has 0 bridgehead atoms. The van der Waals surface area contributed by atoms with E-state index in [4.69, 9.17) is 4.74 Å². The third kappa shape index (κ3) is 3.62. The molecule has 6 nitrogen and oxygen atoms in total. The number of thiophene rings is 2. The Balaban J connectivity index is 1.46. The molecule has 0 spiro atoms. The fraction of sp³-hybridized carbons (Fsp3) is 0.190. The van der Waals surface area contributed by atoms with E-state index in [1.54, 1.807) is 17.6 Å². The maximum atomic E-state index is 13.1. The van der Waals surface area contributed by atoms with E-state index in [1.165, 1.54) is 27.3 Å². The lowest BCUT2D eigenvalue weighted by Crippen LogP contribution is -2.35. The second kappa shape index (κ2) is 7.90. The zero-order valence-corrected chi connectivity index (χ0v) is 17.2. The zero-order chi connectivity index (χ0) is 19.6. The molecule has 1 fully saturated rings. The number of ether oxygens (including phenoxy) is 1. The quantitative estimate of drug-likeness (QED) is 0.468. The molecule has 4 heterocycles. The molecule has 1 aliphatic heterocycles. The third-order valence-electron chi connectivity index (χ3n) is 4.81. The minimum absolute atomic E-state index is 0.156. The minimum atomic E-state index is -0.156. The van der Waals surface area contributed by atoms with E-state index in [-0.39, 0.29) is 5.56 Å². The number of benzene rings is 1. The van der Waals surface area contributed by atoms with Gasteiger partial charge in [0.05, 0.1) is 29.8 Å². The second-order valence-corrected chi connectivity index (χ2v) is 8.56. The van der Waals surface area contributed by atoms with Crippen molar-refractivity contribution in [2.24, 2.45) is 5.10 Å². The molecule has 8 heteroatoms. The lowest BCUT2D eigenvalue weighted by Gasteiger charge is -2.27.